The van der Waals surface area contributed by atoms with E-state index in [0.29, 0.717) is 18.4 Å². The molecule has 0 atom stereocenters. The van der Waals surface area contributed by atoms with Crippen molar-refractivity contribution in [3.8, 4) is 22.4 Å². The van der Waals surface area contributed by atoms with E-state index in [1.54, 1.807) is 11.8 Å². The van der Waals surface area contributed by atoms with E-state index in [-0.39, 0.29) is 6.61 Å². The zero-order chi connectivity index (χ0) is 22.3. The predicted octanol–water partition coefficient (Wildman–Crippen LogP) is 5.85. The van der Waals surface area contributed by atoms with Crippen molar-refractivity contribution >= 4 is 17.7 Å². The zero-order valence-electron chi connectivity index (χ0n) is 18.4. The number of aliphatic carboxylic acids is 1. The molecule has 6 heteroatoms. The Morgan fingerprint density at radius 1 is 1.00 bits per heavy atom. The van der Waals surface area contributed by atoms with E-state index in [9.17, 15) is 4.79 Å². The standard InChI is InChI=1S/C26H30N2O3S/c1-32-26-24(21-8-4-2-5-9-21)25(22-10-6-3-7-11-22)28(27-26)16-19-12-14-20(15-13-19)17-31-18-23(29)30/h2-11,19-20H,12-18H2,1H3,(H,29,30)/t19-,20-. The van der Waals surface area contributed by atoms with Crippen LogP contribution in [0.25, 0.3) is 22.4 Å². The Bertz CT molecular complexity index is 1010. The van der Waals surface area contributed by atoms with Crippen LogP contribution in [0.2, 0.25) is 0 Å². The topological polar surface area (TPSA) is 64.4 Å². The number of hydrogen-bond acceptors (Lipinski definition) is 4. The number of rotatable bonds is 9. The van der Waals surface area contributed by atoms with E-state index in [2.05, 4.69) is 65.5 Å². The first-order chi connectivity index (χ1) is 15.7. The van der Waals surface area contributed by atoms with Crippen LogP contribution in [-0.2, 0) is 16.1 Å². The van der Waals surface area contributed by atoms with Gasteiger partial charge in [-0.1, -0.05) is 60.7 Å². The fourth-order valence-corrected chi connectivity index (χ4v) is 5.21. The second-order valence-electron chi connectivity index (χ2n) is 8.44. The molecule has 1 heterocycles. The average Bonchev–Trinajstić information content (AvgIpc) is 3.19. The molecule has 0 radical (unpaired) electrons. The van der Waals surface area contributed by atoms with Crippen molar-refractivity contribution in [2.45, 2.75) is 37.3 Å². The van der Waals surface area contributed by atoms with Crippen LogP contribution in [-0.4, -0.2) is 40.3 Å². The van der Waals surface area contributed by atoms with Crippen molar-refractivity contribution in [3.63, 3.8) is 0 Å². The molecule has 32 heavy (non-hydrogen) atoms. The fraction of sp³-hybridized carbons (Fsp3) is 0.385. The zero-order valence-corrected chi connectivity index (χ0v) is 19.3. The van der Waals surface area contributed by atoms with Gasteiger partial charge in [0.1, 0.15) is 11.6 Å². The Morgan fingerprint density at radius 3 is 2.19 bits per heavy atom. The van der Waals surface area contributed by atoms with E-state index in [4.69, 9.17) is 14.9 Å². The van der Waals surface area contributed by atoms with Gasteiger partial charge in [-0.15, -0.1) is 11.8 Å². The third-order valence-electron chi connectivity index (χ3n) is 6.20. The Balaban J connectivity index is 1.56. The minimum absolute atomic E-state index is 0.201. The van der Waals surface area contributed by atoms with E-state index < -0.39 is 5.97 Å². The summed E-state index contributed by atoms with van der Waals surface area (Å²) in [5.74, 6) is 0.120. The van der Waals surface area contributed by atoms with Crippen molar-refractivity contribution in [1.29, 1.82) is 0 Å². The second kappa shape index (κ2) is 10.8. The molecule has 1 N–H and O–H groups in total. The molecule has 0 unspecified atom stereocenters. The molecule has 168 valence electrons. The van der Waals surface area contributed by atoms with Crippen LogP contribution >= 0.6 is 11.8 Å². The Hall–Kier alpha value is -2.57. The smallest absolute Gasteiger partial charge is 0.329 e. The molecular formula is C26H30N2O3S. The van der Waals surface area contributed by atoms with Gasteiger partial charge in [0.05, 0.1) is 12.3 Å². The molecule has 1 aliphatic rings. The van der Waals surface area contributed by atoms with Crippen molar-refractivity contribution in [2.75, 3.05) is 19.5 Å². The van der Waals surface area contributed by atoms with Gasteiger partial charge in [-0.3, -0.25) is 4.68 Å². The maximum Gasteiger partial charge on any atom is 0.329 e. The number of thioether (sulfide) groups is 1. The van der Waals surface area contributed by atoms with Crippen molar-refractivity contribution in [3.05, 3.63) is 60.7 Å². The highest BCUT2D eigenvalue weighted by atomic mass is 32.2. The molecule has 1 fully saturated rings. The SMILES string of the molecule is CSc1nn(C[C@H]2CC[C@H](COCC(=O)O)CC2)c(-c2ccccc2)c1-c1ccccc1. The molecule has 0 bridgehead atoms. The summed E-state index contributed by atoms with van der Waals surface area (Å²) < 4.78 is 7.55. The first-order valence-corrected chi connectivity index (χ1v) is 12.4. The van der Waals surface area contributed by atoms with E-state index in [1.165, 1.54) is 22.4 Å². The van der Waals surface area contributed by atoms with Crippen molar-refractivity contribution < 1.29 is 14.6 Å². The molecule has 2 aromatic carbocycles. The number of benzene rings is 2. The molecule has 0 amide bonds. The fourth-order valence-electron chi connectivity index (χ4n) is 4.61. The molecule has 0 saturated heterocycles. The molecule has 4 rings (SSSR count). The largest absolute Gasteiger partial charge is 0.480 e. The number of nitrogens with zero attached hydrogens (tertiary/aromatic N) is 2. The lowest BCUT2D eigenvalue weighted by Gasteiger charge is -2.28. The highest BCUT2D eigenvalue weighted by molar-refractivity contribution is 7.98. The lowest BCUT2D eigenvalue weighted by Crippen LogP contribution is -2.23. The van der Waals surface area contributed by atoms with Gasteiger partial charge in [0.15, 0.2) is 0 Å². The van der Waals surface area contributed by atoms with Crippen LogP contribution in [0.1, 0.15) is 25.7 Å². The van der Waals surface area contributed by atoms with Crippen molar-refractivity contribution in [1.82, 2.24) is 9.78 Å². The maximum absolute atomic E-state index is 10.7. The third-order valence-corrected chi connectivity index (χ3v) is 6.87. The van der Waals surface area contributed by atoms with Gasteiger partial charge in [0, 0.05) is 17.7 Å². The van der Waals surface area contributed by atoms with Gasteiger partial charge in [-0.2, -0.15) is 5.10 Å². The summed E-state index contributed by atoms with van der Waals surface area (Å²) in [6.07, 6.45) is 6.48. The first kappa shape index (κ1) is 22.6. The Kier molecular flexibility index (Phi) is 7.66. The van der Waals surface area contributed by atoms with E-state index in [1.807, 2.05) is 6.07 Å². The van der Waals surface area contributed by atoms with Gasteiger partial charge in [-0.25, -0.2) is 4.79 Å². The van der Waals surface area contributed by atoms with Gasteiger partial charge < -0.3 is 9.84 Å². The summed E-state index contributed by atoms with van der Waals surface area (Å²) in [4.78, 5) is 10.7. The number of hydrogen-bond donors (Lipinski definition) is 1. The first-order valence-electron chi connectivity index (χ1n) is 11.2. The summed E-state index contributed by atoms with van der Waals surface area (Å²) in [5, 5.41) is 14.9. The summed E-state index contributed by atoms with van der Waals surface area (Å²) in [5.41, 5.74) is 4.78. The molecule has 1 aromatic heterocycles. The molecule has 1 saturated carbocycles. The third kappa shape index (κ3) is 5.43. The maximum atomic E-state index is 10.7. The molecule has 5 nitrogen and oxygen atoms in total. The lowest BCUT2D eigenvalue weighted by molar-refractivity contribution is -0.142. The Morgan fingerprint density at radius 2 is 1.59 bits per heavy atom. The summed E-state index contributed by atoms with van der Waals surface area (Å²) in [6, 6.07) is 21.1. The highest BCUT2D eigenvalue weighted by Crippen LogP contribution is 2.40. The monoisotopic (exact) mass is 450 g/mol. The Labute approximate surface area is 193 Å². The molecule has 3 aromatic rings. The lowest BCUT2D eigenvalue weighted by atomic mass is 9.82. The van der Waals surface area contributed by atoms with Crippen LogP contribution < -0.4 is 0 Å². The van der Waals surface area contributed by atoms with Crippen LogP contribution in [0.3, 0.4) is 0 Å². The number of carboxylic acids is 1. The van der Waals surface area contributed by atoms with Crippen LogP contribution in [0.5, 0.6) is 0 Å². The van der Waals surface area contributed by atoms with E-state index >= 15 is 0 Å². The van der Waals surface area contributed by atoms with Crippen LogP contribution in [0.15, 0.2) is 65.7 Å². The number of carbonyl (C=O) groups is 1. The normalized spacial score (nSPS) is 18.5. The average molecular weight is 451 g/mol. The van der Waals surface area contributed by atoms with Gasteiger partial charge in [0.2, 0.25) is 0 Å². The quantitative estimate of drug-likeness (QED) is 0.415. The van der Waals surface area contributed by atoms with Crippen LogP contribution in [0, 0.1) is 11.8 Å². The summed E-state index contributed by atoms with van der Waals surface area (Å²) >= 11 is 1.70. The predicted molar refractivity (Wildman–Crippen MR) is 129 cm³/mol. The van der Waals surface area contributed by atoms with Gasteiger partial charge in [-0.05, 0) is 49.3 Å². The minimum Gasteiger partial charge on any atom is -0.480 e. The molecule has 1 aliphatic carbocycles. The minimum atomic E-state index is -0.898. The molecular weight excluding hydrogens is 420 g/mol. The number of aromatic nitrogens is 2. The number of carboxylic acid groups (broad SMARTS) is 1. The molecule has 0 aliphatic heterocycles. The molecule has 0 spiro atoms. The summed E-state index contributed by atoms with van der Waals surface area (Å²) in [7, 11) is 0. The number of ether oxygens (including phenoxy) is 1. The second-order valence-corrected chi connectivity index (χ2v) is 9.24. The van der Waals surface area contributed by atoms with Crippen LogP contribution in [0.4, 0.5) is 0 Å². The summed E-state index contributed by atoms with van der Waals surface area (Å²) in [6.45, 7) is 1.24. The van der Waals surface area contributed by atoms with Gasteiger partial charge in [0.25, 0.3) is 0 Å². The van der Waals surface area contributed by atoms with E-state index in [0.717, 1.165) is 37.3 Å². The van der Waals surface area contributed by atoms with Gasteiger partial charge >= 0.3 is 5.97 Å². The highest BCUT2D eigenvalue weighted by Gasteiger charge is 2.26. The van der Waals surface area contributed by atoms with Crippen molar-refractivity contribution in [2.24, 2.45) is 11.8 Å².